The lowest BCUT2D eigenvalue weighted by Gasteiger charge is -1.98. The minimum Gasteiger partial charge on any atom is -0.481 e. The number of carboxylic acid groups (broad SMARTS) is 1. The highest BCUT2D eigenvalue weighted by Gasteiger charge is 2.35. The summed E-state index contributed by atoms with van der Waals surface area (Å²) in [6, 6.07) is 0. The van der Waals surface area contributed by atoms with E-state index in [-0.39, 0.29) is 18.6 Å². The minimum atomic E-state index is -0.780. The SMILES string of the molecule is CC/C=C\C[C@@H](O)/C=C/C=C\C\C=C/C=C/C=C/C1O[C@H]1CCC(=O)O. The molecule has 0 spiro atoms. The molecule has 26 heavy (non-hydrogen) atoms. The van der Waals surface area contributed by atoms with Crippen LogP contribution >= 0.6 is 0 Å². The average molecular weight is 358 g/mol. The summed E-state index contributed by atoms with van der Waals surface area (Å²) in [6.07, 6.45) is 26.3. The number of epoxide rings is 1. The molecule has 1 unspecified atom stereocenters. The fraction of sp³-hybridized carbons (Fsp3) is 0.409. The van der Waals surface area contributed by atoms with Crippen molar-refractivity contribution in [1.29, 1.82) is 0 Å². The first-order valence-electron chi connectivity index (χ1n) is 9.17. The third kappa shape index (κ3) is 12.2. The molecule has 4 heteroatoms. The maximum absolute atomic E-state index is 10.4. The van der Waals surface area contributed by atoms with E-state index >= 15 is 0 Å². The van der Waals surface area contributed by atoms with Gasteiger partial charge in [-0.25, -0.2) is 0 Å². The standard InChI is InChI=1S/C22H30O4/c1-2-3-11-14-19(23)15-12-9-7-5-4-6-8-10-13-16-20-21(26-20)17-18-22(24)25/h3-4,6-13,15-16,19-21,23H,2,5,14,17-18H2,1H3,(H,24,25)/b6-4-,9-7-,10-8+,11-3-,15-12+,16-13+/t19-,20?,21+/m1/s1. The molecule has 0 bridgehead atoms. The maximum Gasteiger partial charge on any atom is 0.303 e. The Morgan fingerprint density at radius 2 is 1.77 bits per heavy atom. The molecule has 142 valence electrons. The number of carbonyl (C=O) groups is 1. The molecule has 0 radical (unpaired) electrons. The van der Waals surface area contributed by atoms with Crippen molar-refractivity contribution in [2.24, 2.45) is 0 Å². The summed E-state index contributed by atoms with van der Waals surface area (Å²) in [5, 5.41) is 18.3. The van der Waals surface area contributed by atoms with Gasteiger partial charge in [0.25, 0.3) is 0 Å². The quantitative estimate of drug-likeness (QED) is 0.289. The van der Waals surface area contributed by atoms with E-state index in [1.807, 2.05) is 60.8 Å². The third-order valence-corrected chi connectivity index (χ3v) is 3.67. The van der Waals surface area contributed by atoms with Crippen molar-refractivity contribution >= 4 is 5.97 Å². The van der Waals surface area contributed by atoms with Gasteiger partial charge in [0.15, 0.2) is 0 Å². The Bertz CT molecular complexity index is 567. The van der Waals surface area contributed by atoms with E-state index in [1.165, 1.54) is 0 Å². The lowest BCUT2D eigenvalue weighted by Crippen LogP contribution is -1.98. The summed E-state index contributed by atoms with van der Waals surface area (Å²) in [4.78, 5) is 10.4. The zero-order valence-electron chi connectivity index (χ0n) is 15.4. The number of ether oxygens (including phenoxy) is 1. The molecule has 0 amide bonds. The number of aliphatic carboxylic acids is 1. The van der Waals surface area contributed by atoms with Crippen LogP contribution in [-0.2, 0) is 9.53 Å². The topological polar surface area (TPSA) is 70.1 Å². The van der Waals surface area contributed by atoms with Crippen LogP contribution in [0.3, 0.4) is 0 Å². The zero-order chi connectivity index (χ0) is 19.0. The largest absolute Gasteiger partial charge is 0.481 e. The van der Waals surface area contributed by atoms with Crippen molar-refractivity contribution in [1.82, 2.24) is 0 Å². The Balaban J connectivity index is 2.08. The number of aliphatic hydroxyl groups is 1. The first-order valence-corrected chi connectivity index (χ1v) is 9.17. The molecule has 1 rings (SSSR count). The van der Waals surface area contributed by atoms with E-state index in [1.54, 1.807) is 6.08 Å². The molecule has 1 aliphatic heterocycles. The Morgan fingerprint density at radius 1 is 1.04 bits per heavy atom. The van der Waals surface area contributed by atoms with Crippen LogP contribution in [0.25, 0.3) is 0 Å². The molecule has 1 heterocycles. The van der Waals surface area contributed by atoms with Crippen LogP contribution < -0.4 is 0 Å². The van der Waals surface area contributed by atoms with Gasteiger partial charge in [0.05, 0.1) is 12.2 Å². The van der Waals surface area contributed by atoms with Crippen LogP contribution in [0, 0.1) is 0 Å². The molecule has 0 saturated carbocycles. The molecule has 0 aromatic heterocycles. The Labute approximate surface area is 156 Å². The van der Waals surface area contributed by atoms with Crippen LogP contribution in [0.5, 0.6) is 0 Å². The molecule has 3 atom stereocenters. The van der Waals surface area contributed by atoms with Gasteiger partial charge in [-0.3, -0.25) is 4.79 Å². The maximum atomic E-state index is 10.4. The normalized spacial score (nSPS) is 22.1. The van der Waals surface area contributed by atoms with Gasteiger partial charge in [-0.15, -0.1) is 0 Å². The number of carboxylic acids is 1. The lowest BCUT2D eigenvalue weighted by atomic mass is 10.2. The second-order valence-electron chi connectivity index (χ2n) is 6.00. The van der Waals surface area contributed by atoms with Crippen molar-refractivity contribution in [2.75, 3.05) is 0 Å². The fourth-order valence-electron chi connectivity index (χ4n) is 2.19. The van der Waals surface area contributed by atoms with Gasteiger partial charge in [-0.05, 0) is 25.7 Å². The van der Waals surface area contributed by atoms with Crippen molar-refractivity contribution in [3.63, 3.8) is 0 Å². The van der Waals surface area contributed by atoms with Crippen molar-refractivity contribution < 1.29 is 19.7 Å². The van der Waals surface area contributed by atoms with E-state index < -0.39 is 12.1 Å². The molecule has 0 aromatic carbocycles. The fourth-order valence-corrected chi connectivity index (χ4v) is 2.19. The van der Waals surface area contributed by atoms with Gasteiger partial charge in [0.1, 0.15) is 6.10 Å². The van der Waals surface area contributed by atoms with Crippen molar-refractivity contribution in [3.05, 3.63) is 72.9 Å². The summed E-state index contributed by atoms with van der Waals surface area (Å²) in [5.41, 5.74) is 0. The highest BCUT2D eigenvalue weighted by Crippen LogP contribution is 2.27. The van der Waals surface area contributed by atoms with Crippen LogP contribution in [0.4, 0.5) is 0 Å². The molecule has 1 fully saturated rings. The first-order chi connectivity index (χ1) is 12.6. The van der Waals surface area contributed by atoms with Crippen LogP contribution in [-0.4, -0.2) is 34.5 Å². The van der Waals surface area contributed by atoms with Crippen LogP contribution in [0.15, 0.2) is 72.9 Å². The highest BCUT2D eigenvalue weighted by atomic mass is 16.6. The van der Waals surface area contributed by atoms with E-state index in [0.717, 1.165) is 12.8 Å². The summed E-state index contributed by atoms with van der Waals surface area (Å²) in [5.74, 6) is -0.780. The van der Waals surface area contributed by atoms with E-state index in [9.17, 15) is 9.90 Å². The predicted molar refractivity (Wildman–Crippen MR) is 106 cm³/mol. The first kappa shape index (κ1) is 21.9. The predicted octanol–water partition coefficient (Wildman–Crippen LogP) is 4.51. The number of rotatable bonds is 13. The van der Waals surface area contributed by atoms with Gasteiger partial charge in [0, 0.05) is 6.42 Å². The third-order valence-electron chi connectivity index (χ3n) is 3.67. The second kappa shape index (κ2) is 14.0. The number of hydrogen-bond donors (Lipinski definition) is 2. The summed E-state index contributed by atoms with van der Waals surface area (Å²) >= 11 is 0. The number of aliphatic hydroxyl groups excluding tert-OH is 1. The van der Waals surface area contributed by atoms with Gasteiger partial charge < -0.3 is 14.9 Å². The van der Waals surface area contributed by atoms with Gasteiger partial charge in [0.2, 0.25) is 0 Å². The smallest absolute Gasteiger partial charge is 0.303 e. The van der Waals surface area contributed by atoms with E-state index in [0.29, 0.717) is 12.8 Å². The lowest BCUT2D eigenvalue weighted by molar-refractivity contribution is -0.137. The molecule has 2 N–H and O–H groups in total. The number of hydrogen-bond acceptors (Lipinski definition) is 3. The van der Waals surface area contributed by atoms with E-state index in [2.05, 4.69) is 13.0 Å². The molecule has 1 saturated heterocycles. The Kier molecular flexibility index (Phi) is 11.8. The van der Waals surface area contributed by atoms with Gasteiger partial charge in [-0.1, -0.05) is 79.8 Å². The van der Waals surface area contributed by atoms with Crippen LogP contribution in [0.2, 0.25) is 0 Å². The highest BCUT2D eigenvalue weighted by molar-refractivity contribution is 5.66. The molecule has 4 nitrogen and oxygen atoms in total. The molecule has 0 aliphatic carbocycles. The molecule has 0 aromatic rings. The van der Waals surface area contributed by atoms with Gasteiger partial charge in [-0.2, -0.15) is 0 Å². The molecular formula is C22H30O4. The van der Waals surface area contributed by atoms with Crippen LogP contribution in [0.1, 0.15) is 39.0 Å². The Hall–Kier alpha value is -2.17. The molecular weight excluding hydrogens is 328 g/mol. The second-order valence-corrected chi connectivity index (χ2v) is 6.00. The minimum absolute atomic E-state index is 0.0607. The summed E-state index contributed by atoms with van der Waals surface area (Å²) in [6.45, 7) is 2.07. The van der Waals surface area contributed by atoms with Gasteiger partial charge >= 0.3 is 5.97 Å². The summed E-state index contributed by atoms with van der Waals surface area (Å²) < 4.78 is 5.35. The van der Waals surface area contributed by atoms with Crippen molar-refractivity contribution in [2.45, 2.75) is 57.3 Å². The number of allylic oxidation sites excluding steroid dienone is 9. The Morgan fingerprint density at radius 3 is 2.50 bits per heavy atom. The summed E-state index contributed by atoms with van der Waals surface area (Å²) in [7, 11) is 0. The zero-order valence-corrected chi connectivity index (χ0v) is 15.4. The monoisotopic (exact) mass is 358 g/mol. The molecule has 1 aliphatic rings. The van der Waals surface area contributed by atoms with E-state index in [4.69, 9.17) is 9.84 Å². The average Bonchev–Trinajstić information content (AvgIpc) is 3.36. The van der Waals surface area contributed by atoms with Crippen molar-refractivity contribution in [3.8, 4) is 0 Å².